The molecule has 2 rings (SSSR count). The van der Waals surface area contributed by atoms with Crippen molar-refractivity contribution in [2.45, 2.75) is 31.7 Å². The predicted molar refractivity (Wildman–Crippen MR) is 107 cm³/mol. The van der Waals surface area contributed by atoms with Gasteiger partial charge in [0.25, 0.3) is 10.2 Å². The lowest BCUT2D eigenvalue weighted by Crippen LogP contribution is -2.46. The fourth-order valence-corrected chi connectivity index (χ4v) is 3.46. The van der Waals surface area contributed by atoms with Crippen LogP contribution in [0.25, 0.3) is 0 Å². The monoisotopic (exact) mass is 389 g/mol. The summed E-state index contributed by atoms with van der Waals surface area (Å²) in [4.78, 5) is 13.2. The molecular weight excluding hydrogens is 362 g/mol. The molecule has 0 aliphatic rings. The largest absolute Gasteiger partial charge is 0.351 e. The van der Waals surface area contributed by atoms with E-state index < -0.39 is 15.6 Å². The molecule has 0 radical (unpaired) electrons. The summed E-state index contributed by atoms with van der Waals surface area (Å²) >= 11 is 0. The Hall–Kier alpha value is -2.22. The topological polar surface area (TPSA) is 92.5 Å². The molecule has 3 N–H and O–H groups in total. The number of benzene rings is 2. The van der Waals surface area contributed by atoms with Gasteiger partial charge in [0, 0.05) is 20.1 Å². The average molecular weight is 390 g/mol. The Morgan fingerprint density at radius 1 is 1.07 bits per heavy atom. The summed E-state index contributed by atoms with van der Waals surface area (Å²) in [5.74, 6) is -0.122. The Balaban J connectivity index is 2.26. The summed E-state index contributed by atoms with van der Waals surface area (Å²) in [6.45, 7) is 2.51. The number of rotatable bonds is 9. The quantitative estimate of drug-likeness (QED) is 0.688. The minimum atomic E-state index is -3.80. The molecule has 0 aromatic heterocycles. The van der Waals surface area contributed by atoms with E-state index in [0.717, 1.165) is 15.4 Å². The molecule has 6 nitrogen and oxygen atoms in total. The molecule has 0 saturated heterocycles. The van der Waals surface area contributed by atoms with Gasteiger partial charge in [-0.3, -0.25) is 4.79 Å². The minimum absolute atomic E-state index is 0.122. The number of carbonyl (C=O) groups excluding carboxylic acids is 1. The highest BCUT2D eigenvalue weighted by Crippen LogP contribution is 2.32. The fraction of sp³-hybridized carbons (Fsp3) is 0.350. The van der Waals surface area contributed by atoms with Gasteiger partial charge in [0.1, 0.15) is 0 Å². The standard InChI is InChI=1S/C20H27N3O3S/c1-3-20(18-12-8-5-9-13-18,14-15-23(2)27(21,25)26)19(24)22-16-17-10-6-4-7-11-17/h4-13H,3,14-16H2,1-2H3,(H,22,24)(H2,21,25,26). The van der Waals surface area contributed by atoms with E-state index in [9.17, 15) is 13.2 Å². The lowest BCUT2D eigenvalue weighted by molar-refractivity contribution is -0.127. The molecule has 146 valence electrons. The number of carbonyl (C=O) groups is 1. The van der Waals surface area contributed by atoms with Gasteiger partial charge in [-0.2, -0.15) is 12.7 Å². The van der Waals surface area contributed by atoms with Crippen molar-refractivity contribution in [2.75, 3.05) is 13.6 Å². The van der Waals surface area contributed by atoms with E-state index in [1.807, 2.05) is 67.6 Å². The van der Waals surface area contributed by atoms with Gasteiger partial charge in [-0.1, -0.05) is 67.6 Å². The highest BCUT2D eigenvalue weighted by atomic mass is 32.2. The summed E-state index contributed by atoms with van der Waals surface area (Å²) < 4.78 is 24.2. The molecule has 2 aromatic carbocycles. The van der Waals surface area contributed by atoms with Crippen LogP contribution in [0.1, 0.15) is 30.9 Å². The van der Waals surface area contributed by atoms with Gasteiger partial charge in [0.2, 0.25) is 5.91 Å². The average Bonchev–Trinajstić information content (AvgIpc) is 2.68. The smallest absolute Gasteiger partial charge is 0.276 e. The van der Waals surface area contributed by atoms with Crippen LogP contribution in [0, 0.1) is 0 Å². The second kappa shape index (κ2) is 9.12. The molecule has 7 heteroatoms. The van der Waals surface area contributed by atoms with Crippen LogP contribution in [0.4, 0.5) is 0 Å². The van der Waals surface area contributed by atoms with E-state index in [1.165, 1.54) is 7.05 Å². The molecule has 0 aliphatic carbocycles. The maximum Gasteiger partial charge on any atom is 0.276 e. The van der Waals surface area contributed by atoms with Gasteiger partial charge in [0.05, 0.1) is 5.41 Å². The van der Waals surface area contributed by atoms with Gasteiger partial charge in [0.15, 0.2) is 0 Å². The summed E-state index contributed by atoms with van der Waals surface area (Å²) in [6, 6.07) is 19.1. The van der Waals surface area contributed by atoms with Gasteiger partial charge < -0.3 is 5.32 Å². The van der Waals surface area contributed by atoms with Gasteiger partial charge in [-0.15, -0.1) is 0 Å². The Labute approximate surface area is 161 Å². The second-order valence-corrected chi connectivity index (χ2v) is 8.24. The number of nitrogens with one attached hydrogen (secondary N) is 1. The van der Waals surface area contributed by atoms with Crippen molar-refractivity contribution in [2.24, 2.45) is 5.14 Å². The molecule has 0 fully saturated rings. The highest BCUT2D eigenvalue weighted by molar-refractivity contribution is 7.86. The third-order valence-corrected chi connectivity index (χ3v) is 6.00. The van der Waals surface area contributed by atoms with E-state index in [1.54, 1.807) is 0 Å². The van der Waals surface area contributed by atoms with E-state index in [2.05, 4.69) is 5.32 Å². The molecular formula is C20H27N3O3S. The number of hydrogen-bond donors (Lipinski definition) is 2. The summed E-state index contributed by atoms with van der Waals surface area (Å²) in [5.41, 5.74) is 1.03. The van der Waals surface area contributed by atoms with Crippen molar-refractivity contribution >= 4 is 16.1 Å². The van der Waals surface area contributed by atoms with E-state index in [0.29, 0.717) is 19.4 Å². The molecule has 27 heavy (non-hydrogen) atoms. The zero-order valence-corrected chi connectivity index (χ0v) is 16.6. The normalized spacial score (nSPS) is 13.9. The first-order chi connectivity index (χ1) is 12.8. The summed E-state index contributed by atoms with van der Waals surface area (Å²) in [6.07, 6.45) is 0.872. The van der Waals surface area contributed by atoms with Crippen LogP contribution in [-0.4, -0.2) is 32.2 Å². The zero-order chi connectivity index (χ0) is 19.9. The van der Waals surface area contributed by atoms with Crippen LogP contribution in [-0.2, 0) is 27.0 Å². The zero-order valence-electron chi connectivity index (χ0n) is 15.8. The van der Waals surface area contributed by atoms with Crippen molar-refractivity contribution in [1.29, 1.82) is 0 Å². The van der Waals surface area contributed by atoms with Crippen LogP contribution >= 0.6 is 0 Å². The molecule has 1 atom stereocenters. The lowest BCUT2D eigenvalue weighted by Gasteiger charge is -2.33. The second-order valence-electron chi connectivity index (χ2n) is 6.59. The van der Waals surface area contributed by atoms with E-state index >= 15 is 0 Å². The maximum absolute atomic E-state index is 13.2. The Bertz CT molecular complexity index is 841. The van der Waals surface area contributed by atoms with Crippen molar-refractivity contribution in [1.82, 2.24) is 9.62 Å². The molecule has 0 aliphatic heterocycles. The first-order valence-electron chi connectivity index (χ1n) is 8.91. The Morgan fingerprint density at radius 2 is 1.63 bits per heavy atom. The van der Waals surface area contributed by atoms with Crippen LogP contribution in [0.15, 0.2) is 60.7 Å². The molecule has 2 aromatic rings. The van der Waals surface area contributed by atoms with Crippen molar-refractivity contribution in [3.05, 3.63) is 71.8 Å². The van der Waals surface area contributed by atoms with Crippen LogP contribution in [0.5, 0.6) is 0 Å². The Morgan fingerprint density at radius 3 is 2.15 bits per heavy atom. The summed E-state index contributed by atoms with van der Waals surface area (Å²) in [7, 11) is -2.38. The number of amides is 1. The minimum Gasteiger partial charge on any atom is -0.351 e. The number of hydrogen-bond acceptors (Lipinski definition) is 3. The molecule has 0 bridgehead atoms. The van der Waals surface area contributed by atoms with Crippen LogP contribution in [0.2, 0.25) is 0 Å². The van der Waals surface area contributed by atoms with Crippen LogP contribution < -0.4 is 10.5 Å². The van der Waals surface area contributed by atoms with Crippen LogP contribution in [0.3, 0.4) is 0 Å². The maximum atomic E-state index is 13.2. The van der Waals surface area contributed by atoms with E-state index in [4.69, 9.17) is 5.14 Å². The molecule has 1 amide bonds. The first-order valence-corrected chi connectivity index (χ1v) is 10.4. The highest BCUT2D eigenvalue weighted by Gasteiger charge is 2.38. The van der Waals surface area contributed by atoms with Gasteiger partial charge in [-0.25, -0.2) is 5.14 Å². The Kier molecular flexibility index (Phi) is 7.12. The SMILES string of the molecule is CCC(CCN(C)S(N)(=O)=O)(C(=O)NCc1ccccc1)c1ccccc1. The fourth-order valence-electron chi connectivity index (χ4n) is 3.11. The third-order valence-electron chi connectivity index (χ3n) is 4.95. The predicted octanol–water partition coefficient (Wildman–Crippen LogP) is 2.18. The van der Waals surface area contributed by atoms with E-state index in [-0.39, 0.29) is 12.5 Å². The lowest BCUT2D eigenvalue weighted by atomic mass is 9.74. The molecule has 0 saturated carbocycles. The van der Waals surface area contributed by atoms with Gasteiger partial charge in [-0.05, 0) is 24.0 Å². The first kappa shape index (κ1) is 21.1. The van der Waals surface area contributed by atoms with Crippen molar-refractivity contribution in [3.8, 4) is 0 Å². The third kappa shape index (κ3) is 5.38. The molecule has 0 heterocycles. The van der Waals surface area contributed by atoms with Crippen molar-refractivity contribution < 1.29 is 13.2 Å². The van der Waals surface area contributed by atoms with Gasteiger partial charge >= 0.3 is 0 Å². The molecule has 1 unspecified atom stereocenters. The summed E-state index contributed by atoms with van der Waals surface area (Å²) in [5, 5.41) is 8.21. The molecule has 0 spiro atoms. The number of nitrogens with two attached hydrogens (primary N) is 1. The number of nitrogens with zero attached hydrogens (tertiary/aromatic N) is 1. The van der Waals surface area contributed by atoms with Crippen molar-refractivity contribution in [3.63, 3.8) is 0 Å².